The lowest BCUT2D eigenvalue weighted by Gasteiger charge is -2.19. The summed E-state index contributed by atoms with van der Waals surface area (Å²) >= 11 is 0. The van der Waals surface area contributed by atoms with E-state index in [1.165, 1.54) is 0 Å². The van der Waals surface area contributed by atoms with E-state index in [4.69, 9.17) is 19.7 Å². The molecule has 1 unspecified atom stereocenters. The average molecular weight is 213 g/mol. The Kier molecular flexibility index (Phi) is 2.72. The molecule has 1 saturated heterocycles. The van der Waals surface area contributed by atoms with Crippen LogP contribution in [0.25, 0.3) is 0 Å². The first-order chi connectivity index (χ1) is 7.07. The first-order valence-corrected chi connectivity index (χ1v) is 4.89. The van der Waals surface area contributed by atoms with Crippen LogP contribution < -0.4 is 5.73 Å². The van der Waals surface area contributed by atoms with E-state index in [0.717, 1.165) is 0 Å². The van der Waals surface area contributed by atoms with E-state index >= 15 is 0 Å². The maximum Gasteiger partial charge on any atom is 0.258 e. The van der Waals surface area contributed by atoms with Crippen molar-refractivity contribution >= 4 is 0 Å². The Labute approximate surface area is 87.7 Å². The molecule has 1 aliphatic heterocycles. The molecule has 2 heterocycles. The van der Waals surface area contributed by atoms with Crippen LogP contribution in [0.15, 0.2) is 4.52 Å². The molecular formula is C9H15N3O3. The fraction of sp³-hybridized carbons (Fsp3) is 0.778. The first-order valence-electron chi connectivity index (χ1n) is 4.89. The fourth-order valence-electron chi connectivity index (χ4n) is 1.26. The minimum absolute atomic E-state index is 0.262. The van der Waals surface area contributed by atoms with Crippen LogP contribution in [0.5, 0.6) is 0 Å². The molecule has 2 rings (SSSR count). The Morgan fingerprint density at radius 3 is 2.73 bits per heavy atom. The molecule has 1 fully saturated rings. The molecule has 1 aromatic rings. The van der Waals surface area contributed by atoms with Gasteiger partial charge in [0.25, 0.3) is 5.89 Å². The highest BCUT2D eigenvalue weighted by Crippen LogP contribution is 2.21. The van der Waals surface area contributed by atoms with E-state index in [-0.39, 0.29) is 6.10 Å². The van der Waals surface area contributed by atoms with E-state index in [2.05, 4.69) is 10.1 Å². The third kappa shape index (κ3) is 2.34. The van der Waals surface area contributed by atoms with E-state index in [1.54, 1.807) is 0 Å². The second kappa shape index (κ2) is 3.88. The fourth-order valence-corrected chi connectivity index (χ4v) is 1.26. The standard InChI is InChI=1S/C9H15N3O3/c1-9(2,10)8-11-7(15-12-8)6-5-13-3-4-14-6/h6H,3-5,10H2,1-2H3. The molecule has 84 valence electrons. The van der Waals surface area contributed by atoms with Gasteiger partial charge in [0.15, 0.2) is 11.9 Å². The number of nitrogens with zero attached hydrogens (tertiary/aromatic N) is 2. The van der Waals surface area contributed by atoms with Crippen LogP contribution in [0.2, 0.25) is 0 Å². The predicted octanol–water partition coefficient (Wildman–Crippen LogP) is 0.351. The van der Waals surface area contributed by atoms with Gasteiger partial charge in [-0.3, -0.25) is 0 Å². The predicted molar refractivity (Wildman–Crippen MR) is 51.0 cm³/mol. The number of aromatic nitrogens is 2. The van der Waals surface area contributed by atoms with Crippen LogP contribution in [0.1, 0.15) is 31.7 Å². The zero-order valence-corrected chi connectivity index (χ0v) is 8.90. The third-order valence-corrected chi connectivity index (χ3v) is 2.11. The molecule has 0 aromatic carbocycles. The van der Waals surface area contributed by atoms with Gasteiger partial charge in [-0.15, -0.1) is 0 Å². The largest absolute Gasteiger partial charge is 0.376 e. The smallest absolute Gasteiger partial charge is 0.258 e. The highest BCUT2D eigenvalue weighted by Gasteiger charge is 2.27. The summed E-state index contributed by atoms with van der Waals surface area (Å²) in [4.78, 5) is 4.20. The van der Waals surface area contributed by atoms with Crippen molar-refractivity contribution < 1.29 is 14.0 Å². The zero-order chi connectivity index (χ0) is 10.9. The van der Waals surface area contributed by atoms with Gasteiger partial charge in [-0.2, -0.15) is 4.98 Å². The zero-order valence-electron chi connectivity index (χ0n) is 8.90. The van der Waals surface area contributed by atoms with Crippen molar-refractivity contribution in [1.29, 1.82) is 0 Å². The highest BCUT2D eigenvalue weighted by atomic mass is 16.6. The van der Waals surface area contributed by atoms with Gasteiger partial charge in [0.2, 0.25) is 0 Å². The second-order valence-corrected chi connectivity index (χ2v) is 4.11. The third-order valence-electron chi connectivity index (χ3n) is 2.11. The summed E-state index contributed by atoms with van der Waals surface area (Å²) in [6.45, 7) is 5.25. The van der Waals surface area contributed by atoms with Gasteiger partial charge in [-0.1, -0.05) is 5.16 Å². The van der Waals surface area contributed by atoms with Gasteiger partial charge in [0, 0.05) is 0 Å². The van der Waals surface area contributed by atoms with E-state index in [1.807, 2.05) is 13.8 Å². The average Bonchev–Trinajstić information content (AvgIpc) is 2.67. The lowest BCUT2D eigenvalue weighted by atomic mass is 10.1. The quantitative estimate of drug-likeness (QED) is 0.763. The van der Waals surface area contributed by atoms with Gasteiger partial charge < -0.3 is 19.7 Å². The Hall–Kier alpha value is -0.980. The minimum Gasteiger partial charge on any atom is -0.376 e. The number of hydrogen-bond donors (Lipinski definition) is 1. The van der Waals surface area contributed by atoms with E-state index in [0.29, 0.717) is 31.5 Å². The van der Waals surface area contributed by atoms with Crippen LogP contribution in [-0.4, -0.2) is 30.0 Å². The highest BCUT2D eigenvalue weighted by molar-refractivity contribution is 5.00. The van der Waals surface area contributed by atoms with Crippen molar-refractivity contribution in [3.63, 3.8) is 0 Å². The molecule has 2 N–H and O–H groups in total. The SMILES string of the molecule is CC(C)(N)c1noc(C2COCCO2)n1. The van der Waals surface area contributed by atoms with Gasteiger partial charge >= 0.3 is 0 Å². The van der Waals surface area contributed by atoms with Crippen molar-refractivity contribution in [2.24, 2.45) is 5.73 Å². The summed E-state index contributed by atoms with van der Waals surface area (Å²) in [5.74, 6) is 0.912. The molecule has 1 aromatic heterocycles. The lowest BCUT2D eigenvalue weighted by Crippen LogP contribution is -2.30. The van der Waals surface area contributed by atoms with Gasteiger partial charge in [-0.25, -0.2) is 0 Å². The molecule has 6 nitrogen and oxygen atoms in total. The molecular weight excluding hydrogens is 198 g/mol. The summed E-state index contributed by atoms with van der Waals surface area (Å²) in [5.41, 5.74) is 5.24. The summed E-state index contributed by atoms with van der Waals surface area (Å²) in [6, 6.07) is 0. The summed E-state index contributed by atoms with van der Waals surface area (Å²) in [5, 5.41) is 3.82. The van der Waals surface area contributed by atoms with Crippen molar-refractivity contribution in [2.75, 3.05) is 19.8 Å². The first kappa shape index (κ1) is 10.5. The Balaban J connectivity index is 2.12. The molecule has 1 atom stereocenters. The second-order valence-electron chi connectivity index (χ2n) is 4.11. The van der Waals surface area contributed by atoms with Crippen molar-refractivity contribution in [3.05, 3.63) is 11.7 Å². The molecule has 0 aliphatic carbocycles. The summed E-state index contributed by atoms with van der Waals surface area (Å²) in [6.07, 6.45) is -0.262. The molecule has 15 heavy (non-hydrogen) atoms. The molecule has 0 saturated carbocycles. The maximum atomic E-state index is 5.84. The monoisotopic (exact) mass is 213 g/mol. The Morgan fingerprint density at radius 2 is 2.20 bits per heavy atom. The van der Waals surface area contributed by atoms with E-state index < -0.39 is 5.54 Å². The molecule has 6 heteroatoms. The molecule has 0 bridgehead atoms. The van der Waals surface area contributed by atoms with Crippen molar-refractivity contribution in [1.82, 2.24) is 10.1 Å². The minimum atomic E-state index is -0.600. The topological polar surface area (TPSA) is 83.4 Å². The molecule has 0 radical (unpaired) electrons. The summed E-state index contributed by atoms with van der Waals surface area (Å²) < 4.78 is 15.8. The van der Waals surface area contributed by atoms with Crippen LogP contribution in [0.3, 0.4) is 0 Å². The summed E-state index contributed by atoms with van der Waals surface area (Å²) in [7, 11) is 0. The Bertz CT molecular complexity index is 326. The maximum absolute atomic E-state index is 5.84. The van der Waals surface area contributed by atoms with Gasteiger partial charge in [0.05, 0.1) is 25.4 Å². The van der Waals surface area contributed by atoms with E-state index in [9.17, 15) is 0 Å². The normalized spacial score (nSPS) is 23.0. The number of nitrogens with two attached hydrogens (primary N) is 1. The Morgan fingerprint density at radius 1 is 1.40 bits per heavy atom. The van der Waals surface area contributed by atoms with Crippen molar-refractivity contribution in [3.8, 4) is 0 Å². The number of ether oxygens (including phenoxy) is 2. The van der Waals surface area contributed by atoms with Gasteiger partial charge in [0.1, 0.15) is 0 Å². The van der Waals surface area contributed by atoms with Crippen LogP contribution in [0, 0.1) is 0 Å². The van der Waals surface area contributed by atoms with Crippen molar-refractivity contribution in [2.45, 2.75) is 25.5 Å². The molecule has 0 amide bonds. The lowest BCUT2D eigenvalue weighted by molar-refractivity contribution is -0.101. The van der Waals surface area contributed by atoms with Crippen LogP contribution in [0.4, 0.5) is 0 Å². The molecule has 0 spiro atoms. The van der Waals surface area contributed by atoms with Gasteiger partial charge in [-0.05, 0) is 13.8 Å². The number of hydrogen-bond acceptors (Lipinski definition) is 6. The van der Waals surface area contributed by atoms with Crippen LogP contribution >= 0.6 is 0 Å². The van der Waals surface area contributed by atoms with Crippen LogP contribution in [-0.2, 0) is 15.0 Å². The number of rotatable bonds is 2. The molecule has 1 aliphatic rings.